The van der Waals surface area contributed by atoms with Gasteiger partial charge in [-0.15, -0.1) is 11.3 Å². The molecule has 0 bridgehead atoms. The normalized spacial score (nSPS) is 11.8. The number of nitrogen functional groups attached to an aromatic ring is 1. The summed E-state index contributed by atoms with van der Waals surface area (Å²) in [5.74, 6) is 1.32. The van der Waals surface area contributed by atoms with Gasteiger partial charge in [0.2, 0.25) is 0 Å². The summed E-state index contributed by atoms with van der Waals surface area (Å²) < 4.78 is 0.985. The van der Waals surface area contributed by atoms with Gasteiger partial charge in [-0.2, -0.15) is 0 Å². The molecule has 2 aromatic heterocycles. The van der Waals surface area contributed by atoms with Crippen LogP contribution in [0.3, 0.4) is 0 Å². The second kappa shape index (κ2) is 5.09. The van der Waals surface area contributed by atoms with Crippen LogP contribution < -0.4 is 5.73 Å². The van der Waals surface area contributed by atoms with Crippen molar-refractivity contribution in [2.75, 3.05) is 5.73 Å². The second-order valence-electron chi connectivity index (χ2n) is 5.47. The molecule has 6 heteroatoms. The first-order valence-electron chi connectivity index (χ1n) is 6.02. The molecule has 0 spiro atoms. The zero-order valence-corrected chi connectivity index (χ0v) is 13.4. The molecule has 2 heterocycles. The van der Waals surface area contributed by atoms with Gasteiger partial charge in [-0.25, -0.2) is 15.0 Å². The van der Waals surface area contributed by atoms with Crippen LogP contribution in [-0.2, 0) is 5.41 Å². The molecule has 2 rings (SSSR count). The lowest BCUT2D eigenvalue weighted by molar-refractivity contribution is 0.538. The van der Waals surface area contributed by atoms with Crippen LogP contribution in [0.15, 0.2) is 14.7 Å². The lowest BCUT2D eigenvalue weighted by Crippen LogP contribution is -2.18. The van der Waals surface area contributed by atoms with Crippen molar-refractivity contribution in [1.29, 1.82) is 0 Å². The van der Waals surface area contributed by atoms with Gasteiger partial charge >= 0.3 is 0 Å². The highest BCUT2D eigenvalue weighted by Crippen LogP contribution is 2.34. The zero-order chi connectivity index (χ0) is 14.2. The van der Waals surface area contributed by atoms with Crippen LogP contribution in [0.25, 0.3) is 0 Å². The monoisotopic (exact) mass is 294 g/mol. The highest BCUT2D eigenvalue weighted by Gasteiger charge is 2.21. The molecule has 0 atom stereocenters. The molecule has 0 saturated heterocycles. The van der Waals surface area contributed by atoms with Crippen molar-refractivity contribution >= 4 is 28.9 Å². The van der Waals surface area contributed by atoms with E-state index in [9.17, 15) is 0 Å². The van der Waals surface area contributed by atoms with Crippen molar-refractivity contribution in [2.45, 2.75) is 49.4 Å². The van der Waals surface area contributed by atoms with Crippen molar-refractivity contribution in [3.8, 4) is 0 Å². The van der Waals surface area contributed by atoms with Crippen LogP contribution in [0, 0.1) is 13.8 Å². The number of hydrogen-bond acceptors (Lipinski definition) is 6. The van der Waals surface area contributed by atoms with Crippen LogP contribution in [0.1, 0.15) is 37.9 Å². The third kappa shape index (κ3) is 3.25. The molecule has 0 fully saturated rings. The molecule has 0 radical (unpaired) electrons. The van der Waals surface area contributed by atoms with Crippen molar-refractivity contribution in [3.63, 3.8) is 0 Å². The van der Waals surface area contributed by atoms with Gasteiger partial charge in [0.25, 0.3) is 0 Å². The molecule has 0 aromatic carbocycles. The molecular formula is C13H18N4S2. The lowest BCUT2D eigenvalue weighted by atomic mass is 9.95. The Morgan fingerprint density at radius 1 is 1.16 bits per heavy atom. The molecule has 19 heavy (non-hydrogen) atoms. The summed E-state index contributed by atoms with van der Waals surface area (Å²) in [5, 5.41) is 2.93. The van der Waals surface area contributed by atoms with Gasteiger partial charge in [-0.3, -0.25) is 0 Å². The Morgan fingerprint density at radius 2 is 1.84 bits per heavy atom. The van der Waals surface area contributed by atoms with E-state index in [1.807, 2.05) is 19.2 Å². The third-order valence-corrected chi connectivity index (χ3v) is 4.74. The van der Waals surface area contributed by atoms with Gasteiger partial charge in [0.15, 0.2) is 4.34 Å². The fraction of sp³-hybridized carbons (Fsp3) is 0.462. The van der Waals surface area contributed by atoms with Gasteiger partial charge < -0.3 is 5.73 Å². The molecule has 4 nitrogen and oxygen atoms in total. The molecule has 0 unspecified atom stereocenters. The SMILES string of the molecule is Cc1csc(Sc2nc(C(C)(C)C)nc(N)c2C)n1. The lowest BCUT2D eigenvalue weighted by Gasteiger charge is -2.18. The van der Waals surface area contributed by atoms with E-state index in [4.69, 9.17) is 5.73 Å². The topological polar surface area (TPSA) is 64.7 Å². The van der Waals surface area contributed by atoms with Crippen molar-refractivity contribution in [2.24, 2.45) is 0 Å². The minimum atomic E-state index is -0.115. The van der Waals surface area contributed by atoms with Crippen LogP contribution in [0.2, 0.25) is 0 Å². The van der Waals surface area contributed by atoms with Crippen molar-refractivity contribution < 1.29 is 0 Å². The molecule has 0 saturated carbocycles. The van der Waals surface area contributed by atoms with Crippen LogP contribution in [0.4, 0.5) is 5.82 Å². The Kier molecular flexibility index (Phi) is 3.82. The van der Waals surface area contributed by atoms with E-state index in [2.05, 4.69) is 35.7 Å². The van der Waals surface area contributed by atoms with Crippen LogP contribution >= 0.6 is 23.1 Å². The first kappa shape index (κ1) is 14.3. The summed E-state index contributed by atoms with van der Waals surface area (Å²) in [5.41, 5.74) is 7.83. The Balaban J connectivity index is 2.41. The first-order chi connectivity index (χ1) is 8.77. The standard InChI is InChI=1S/C13H18N4S2/c1-7-6-18-12(15-7)19-10-8(2)9(14)16-11(17-10)13(3,4)5/h6H,1-5H3,(H2,14,16,17). The number of nitrogens with zero attached hydrogens (tertiary/aromatic N) is 3. The smallest absolute Gasteiger partial charge is 0.156 e. The van der Waals surface area contributed by atoms with Gasteiger partial charge in [0, 0.05) is 22.1 Å². The van der Waals surface area contributed by atoms with E-state index in [-0.39, 0.29) is 5.41 Å². The summed E-state index contributed by atoms with van der Waals surface area (Å²) in [7, 11) is 0. The number of aryl methyl sites for hydroxylation is 1. The predicted octanol–water partition coefficient (Wildman–Crippen LogP) is 3.58. The summed E-state index contributed by atoms with van der Waals surface area (Å²) in [6.07, 6.45) is 0. The second-order valence-corrected chi connectivity index (χ2v) is 7.56. The highest BCUT2D eigenvalue weighted by molar-refractivity contribution is 8.01. The van der Waals surface area contributed by atoms with E-state index < -0.39 is 0 Å². The Labute approximate surface area is 121 Å². The Hall–Kier alpha value is -1.14. The van der Waals surface area contributed by atoms with Gasteiger partial charge in [0.05, 0.1) is 0 Å². The van der Waals surface area contributed by atoms with Gasteiger partial charge in [-0.05, 0) is 25.6 Å². The number of thiazole rings is 1. The molecule has 0 aliphatic rings. The minimum Gasteiger partial charge on any atom is -0.383 e. The van der Waals surface area contributed by atoms with Crippen LogP contribution in [0.5, 0.6) is 0 Å². The third-order valence-electron chi connectivity index (χ3n) is 2.59. The molecule has 0 aliphatic carbocycles. The number of hydrogen-bond donors (Lipinski definition) is 1. The fourth-order valence-corrected chi connectivity index (χ4v) is 3.25. The van der Waals surface area contributed by atoms with Gasteiger partial charge in [0.1, 0.15) is 16.7 Å². The summed E-state index contributed by atoms with van der Waals surface area (Å²) >= 11 is 3.18. The quantitative estimate of drug-likeness (QED) is 0.858. The number of anilines is 1. The highest BCUT2D eigenvalue weighted by atomic mass is 32.2. The molecular weight excluding hydrogens is 276 g/mol. The summed E-state index contributed by atoms with van der Waals surface area (Å²) in [6, 6.07) is 0. The summed E-state index contributed by atoms with van der Waals surface area (Å²) in [6.45, 7) is 10.2. The van der Waals surface area contributed by atoms with Crippen molar-refractivity contribution in [3.05, 3.63) is 22.5 Å². The number of rotatable bonds is 2. The molecule has 2 N–H and O–H groups in total. The van der Waals surface area contributed by atoms with E-state index in [0.717, 1.165) is 26.4 Å². The Morgan fingerprint density at radius 3 is 2.37 bits per heavy atom. The average molecular weight is 294 g/mol. The van der Waals surface area contributed by atoms with E-state index in [1.54, 1.807) is 23.1 Å². The number of nitrogens with two attached hydrogens (primary N) is 1. The zero-order valence-electron chi connectivity index (χ0n) is 11.8. The molecule has 102 valence electrons. The number of aromatic nitrogens is 3. The summed E-state index contributed by atoms with van der Waals surface area (Å²) in [4.78, 5) is 13.5. The molecule has 2 aromatic rings. The van der Waals surface area contributed by atoms with E-state index in [1.165, 1.54) is 0 Å². The van der Waals surface area contributed by atoms with Crippen LogP contribution in [-0.4, -0.2) is 15.0 Å². The predicted molar refractivity (Wildman–Crippen MR) is 80.9 cm³/mol. The maximum atomic E-state index is 6.00. The Bertz CT molecular complexity index is 599. The van der Waals surface area contributed by atoms with E-state index in [0.29, 0.717) is 5.82 Å². The van der Waals surface area contributed by atoms with E-state index >= 15 is 0 Å². The molecule has 0 aliphatic heterocycles. The minimum absolute atomic E-state index is 0.115. The maximum absolute atomic E-state index is 6.00. The average Bonchev–Trinajstić information content (AvgIpc) is 2.69. The maximum Gasteiger partial charge on any atom is 0.156 e. The molecule has 0 amide bonds. The van der Waals surface area contributed by atoms with Gasteiger partial charge in [-0.1, -0.05) is 20.8 Å². The van der Waals surface area contributed by atoms with Crippen molar-refractivity contribution in [1.82, 2.24) is 15.0 Å². The largest absolute Gasteiger partial charge is 0.383 e. The first-order valence-corrected chi connectivity index (χ1v) is 7.71. The fourth-order valence-electron chi connectivity index (χ4n) is 1.41.